The number of nitrogens with one attached hydrogen (secondary N) is 1. The molecule has 0 fully saturated rings. The molecule has 4 nitrogen and oxygen atoms in total. The molecule has 0 saturated heterocycles. The molecule has 0 unspecified atom stereocenters. The van der Waals surface area contributed by atoms with E-state index in [1.54, 1.807) is 30.1 Å². The Morgan fingerprint density at radius 2 is 1.95 bits per heavy atom. The average Bonchev–Trinajstić information content (AvgIpc) is 3.01. The predicted molar refractivity (Wildman–Crippen MR) is 87.4 cm³/mol. The average molecular weight is 332 g/mol. The Bertz CT molecular complexity index is 716. The molecule has 0 atom stereocenters. The number of anilines is 1. The maximum absolute atomic E-state index is 12.8. The second-order valence-electron chi connectivity index (χ2n) is 4.46. The minimum Gasteiger partial charge on any atom is -0.356 e. The molecule has 1 aromatic carbocycles. The molecule has 0 saturated carbocycles. The lowest BCUT2D eigenvalue weighted by molar-refractivity contribution is 0.627. The van der Waals surface area contributed by atoms with Crippen molar-refractivity contribution in [3.63, 3.8) is 0 Å². The van der Waals surface area contributed by atoms with Crippen molar-refractivity contribution in [2.45, 2.75) is 16.6 Å². The highest BCUT2D eigenvalue weighted by molar-refractivity contribution is 8.00. The zero-order valence-corrected chi connectivity index (χ0v) is 13.2. The van der Waals surface area contributed by atoms with E-state index in [0.717, 1.165) is 26.5 Å². The lowest BCUT2D eigenvalue weighted by atomic mass is 10.2. The van der Waals surface area contributed by atoms with Crippen LogP contribution in [-0.2, 0) is 12.3 Å². The van der Waals surface area contributed by atoms with E-state index in [1.807, 2.05) is 18.2 Å². The first-order chi connectivity index (χ1) is 10.8. The summed E-state index contributed by atoms with van der Waals surface area (Å²) in [6.07, 6.45) is 1.78. The highest BCUT2D eigenvalue weighted by atomic mass is 32.2. The third kappa shape index (κ3) is 4.25. The third-order valence-electron chi connectivity index (χ3n) is 2.83. The van der Waals surface area contributed by atoms with Gasteiger partial charge in [0, 0.05) is 18.5 Å². The molecule has 3 rings (SSSR count). The molecular weight excluding hydrogens is 319 g/mol. The Hall–Kier alpha value is -1.99. The molecule has 22 heavy (non-hydrogen) atoms. The molecule has 0 spiro atoms. The minimum atomic E-state index is -0.229. The topological polar surface area (TPSA) is 50.7 Å². The van der Waals surface area contributed by atoms with Gasteiger partial charge in [0.2, 0.25) is 5.13 Å². The van der Waals surface area contributed by atoms with E-state index < -0.39 is 0 Å². The highest BCUT2D eigenvalue weighted by Gasteiger charge is 2.05. The van der Waals surface area contributed by atoms with E-state index in [4.69, 9.17) is 0 Å². The molecule has 0 radical (unpaired) electrons. The number of nitrogens with zero attached hydrogens (tertiary/aromatic N) is 3. The molecule has 2 heterocycles. The van der Waals surface area contributed by atoms with Crippen molar-refractivity contribution in [2.24, 2.45) is 0 Å². The van der Waals surface area contributed by atoms with Gasteiger partial charge in [0.1, 0.15) is 5.82 Å². The van der Waals surface area contributed by atoms with Gasteiger partial charge in [-0.05, 0) is 29.8 Å². The second kappa shape index (κ2) is 7.33. The Kier molecular flexibility index (Phi) is 4.97. The van der Waals surface area contributed by atoms with Crippen LogP contribution in [0.25, 0.3) is 0 Å². The van der Waals surface area contributed by atoms with Crippen LogP contribution in [0, 0.1) is 5.82 Å². The third-order valence-corrected chi connectivity index (χ3v) is 4.88. The molecule has 7 heteroatoms. The van der Waals surface area contributed by atoms with Gasteiger partial charge in [-0.2, -0.15) is 0 Å². The molecule has 2 aromatic heterocycles. The summed E-state index contributed by atoms with van der Waals surface area (Å²) in [6, 6.07) is 12.3. The van der Waals surface area contributed by atoms with Crippen molar-refractivity contribution < 1.29 is 4.39 Å². The number of benzene rings is 1. The van der Waals surface area contributed by atoms with Crippen LogP contribution < -0.4 is 5.32 Å². The lowest BCUT2D eigenvalue weighted by Crippen LogP contribution is -1.98. The maximum atomic E-state index is 12.8. The van der Waals surface area contributed by atoms with Gasteiger partial charge in [-0.1, -0.05) is 41.3 Å². The normalized spacial score (nSPS) is 10.6. The Morgan fingerprint density at radius 3 is 2.73 bits per heavy atom. The number of pyridine rings is 1. The van der Waals surface area contributed by atoms with E-state index in [2.05, 4.69) is 20.5 Å². The Balaban J connectivity index is 1.51. The van der Waals surface area contributed by atoms with Gasteiger partial charge < -0.3 is 5.32 Å². The summed E-state index contributed by atoms with van der Waals surface area (Å²) in [5.74, 6) is 0.542. The van der Waals surface area contributed by atoms with E-state index in [1.165, 1.54) is 23.5 Å². The highest BCUT2D eigenvalue weighted by Crippen LogP contribution is 2.27. The Labute approximate surface area is 135 Å². The molecule has 0 aliphatic carbocycles. The summed E-state index contributed by atoms with van der Waals surface area (Å²) in [4.78, 5) is 4.27. The molecule has 3 aromatic rings. The van der Waals surface area contributed by atoms with E-state index >= 15 is 0 Å². The maximum Gasteiger partial charge on any atom is 0.206 e. The summed E-state index contributed by atoms with van der Waals surface area (Å²) >= 11 is 3.11. The van der Waals surface area contributed by atoms with Crippen molar-refractivity contribution in [3.05, 3.63) is 65.7 Å². The lowest BCUT2D eigenvalue weighted by Gasteiger charge is -2.01. The molecule has 1 N–H and O–H groups in total. The van der Waals surface area contributed by atoms with Crippen molar-refractivity contribution in [1.82, 2.24) is 15.2 Å². The minimum absolute atomic E-state index is 0.229. The SMILES string of the molecule is Fc1ccc(CNc2nnc(SCc3ccccn3)s2)cc1. The quantitative estimate of drug-likeness (QED) is 0.692. The van der Waals surface area contributed by atoms with Crippen LogP contribution in [0.2, 0.25) is 0 Å². The van der Waals surface area contributed by atoms with Crippen LogP contribution in [0.4, 0.5) is 9.52 Å². The molecule has 112 valence electrons. The van der Waals surface area contributed by atoms with Crippen molar-refractivity contribution in [1.29, 1.82) is 0 Å². The predicted octanol–water partition coefficient (Wildman–Crippen LogP) is 3.98. The van der Waals surface area contributed by atoms with Gasteiger partial charge in [0.15, 0.2) is 4.34 Å². The van der Waals surface area contributed by atoms with Crippen LogP contribution in [0.3, 0.4) is 0 Å². The summed E-state index contributed by atoms with van der Waals surface area (Å²) in [7, 11) is 0. The molecule has 0 aliphatic rings. The summed E-state index contributed by atoms with van der Waals surface area (Å²) < 4.78 is 13.7. The first-order valence-corrected chi connectivity index (χ1v) is 8.44. The fourth-order valence-electron chi connectivity index (χ4n) is 1.74. The molecule has 0 bridgehead atoms. The van der Waals surface area contributed by atoms with Gasteiger partial charge in [-0.15, -0.1) is 10.2 Å². The van der Waals surface area contributed by atoms with E-state index in [0.29, 0.717) is 6.54 Å². The van der Waals surface area contributed by atoms with Gasteiger partial charge >= 0.3 is 0 Å². The molecular formula is C15H13FN4S2. The number of aromatic nitrogens is 3. The smallest absolute Gasteiger partial charge is 0.206 e. The van der Waals surface area contributed by atoms with Crippen molar-refractivity contribution in [3.8, 4) is 0 Å². The van der Waals surface area contributed by atoms with Crippen molar-refractivity contribution in [2.75, 3.05) is 5.32 Å². The zero-order valence-electron chi connectivity index (χ0n) is 11.6. The van der Waals surface area contributed by atoms with E-state index in [-0.39, 0.29) is 5.82 Å². The summed E-state index contributed by atoms with van der Waals surface area (Å²) in [5, 5.41) is 12.2. The molecule has 0 aliphatic heterocycles. The fraction of sp³-hybridized carbons (Fsp3) is 0.133. The second-order valence-corrected chi connectivity index (χ2v) is 6.66. The molecule has 0 amide bonds. The first-order valence-electron chi connectivity index (χ1n) is 6.64. The van der Waals surface area contributed by atoms with Gasteiger partial charge in [0.25, 0.3) is 0 Å². The monoisotopic (exact) mass is 332 g/mol. The zero-order chi connectivity index (χ0) is 15.2. The summed E-state index contributed by atoms with van der Waals surface area (Å²) in [5.41, 5.74) is 2.02. The largest absolute Gasteiger partial charge is 0.356 e. The number of rotatable bonds is 6. The summed E-state index contributed by atoms with van der Waals surface area (Å²) in [6.45, 7) is 0.597. The number of thioether (sulfide) groups is 1. The number of halogens is 1. The van der Waals surface area contributed by atoms with Crippen LogP contribution in [0.5, 0.6) is 0 Å². The van der Waals surface area contributed by atoms with Crippen LogP contribution in [0.1, 0.15) is 11.3 Å². The Morgan fingerprint density at radius 1 is 1.09 bits per heavy atom. The number of hydrogen-bond donors (Lipinski definition) is 1. The fourth-order valence-corrected chi connectivity index (χ4v) is 3.40. The van der Waals surface area contributed by atoms with Crippen LogP contribution >= 0.6 is 23.1 Å². The van der Waals surface area contributed by atoms with Crippen LogP contribution in [0.15, 0.2) is 53.0 Å². The van der Waals surface area contributed by atoms with E-state index in [9.17, 15) is 4.39 Å². The standard InChI is InChI=1S/C15H13FN4S2/c16-12-6-4-11(5-7-12)9-18-14-19-20-15(22-14)21-10-13-3-1-2-8-17-13/h1-8H,9-10H2,(H,18,19). The first kappa shape index (κ1) is 14.9. The van der Waals surface area contributed by atoms with Gasteiger partial charge in [-0.3, -0.25) is 4.98 Å². The van der Waals surface area contributed by atoms with Gasteiger partial charge in [-0.25, -0.2) is 4.39 Å². The van der Waals surface area contributed by atoms with Crippen LogP contribution in [-0.4, -0.2) is 15.2 Å². The number of hydrogen-bond acceptors (Lipinski definition) is 6. The van der Waals surface area contributed by atoms with Gasteiger partial charge in [0.05, 0.1) is 5.69 Å². The van der Waals surface area contributed by atoms with Crippen molar-refractivity contribution >= 4 is 28.2 Å².